The van der Waals surface area contributed by atoms with Crippen LogP contribution in [0.25, 0.3) is 0 Å². The molecule has 0 N–H and O–H groups in total. The summed E-state index contributed by atoms with van der Waals surface area (Å²) in [4.78, 5) is 16.7. The molecule has 4 nitrogen and oxygen atoms in total. The first-order valence-corrected chi connectivity index (χ1v) is 13.1. The SMILES string of the molecule is CCCCCCCCCCCCCCOC(=O)CCN(CCC)CCCCN(C)C. The van der Waals surface area contributed by atoms with Crippen molar-refractivity contribution in [3.63, 3.8) is 0 Å². The van der Waals surface area contributed by atoms with Crippen molar-refractivity contribution in [2.75, 3.05) is 46.9 Å². The van der Waals surface area contributed by atoms with Gasteiger partial charge in [0.2, 0.25) is 0 Å². The van der Waals surface area contributed by atoms with E-state index in [4.69, 9.17) is 4.74 Å². The Labute approximate surface area is 189 Å². The molecule has 0 aliphatic heterocycles. The van der Waals surface area contributed by atoms with Crippen LogP contribution >= 0.6 is 0 Å². The number of nitrogens with zero attached hydrogens (tertiary/aromatic N) is 2. The third kappa shape index (κ3) is 22.1. The van der Waals surface area contributed by atoms with Gasteiger partial charge in [-0.15, -0.1) is 0 Å². The van der Waals surface area contributed by atoms with Gasteiger partial charge in [-0.1, -0.05) is 84.5 Å². The summed E-state index contributed by atoms with van der Waals surface area (Å²) in [7, 11) is 4.24. The highest BCUT2D eigenvalue weighted by Gasteiger charge is 2.08. The van der Waals surface area contributed by atoms with Gasteiger partial charge in [0.25, 0.3) is 0 Å². The molecule has 0 aliphatic carbocycles. The molecule has 0 atom stereocenters. The summed E-state index contributed by atoms with van der Waals surface area (Å²) in [6.07, 6.45) is 20.1. The molecule has 0 aliphatic rings. The first-order valence-electron chi connectivity index (χ1n) is 13.1. The van der Waals surface area contributed by atoms with Gasteiger partial charge in [0, 0.05) is 6.54 Å². The van der Waals surface area contributed by atoms with Crippen LogP contribution in [0.2, 0.25) is 0 Å². The molecule has 0 aromatic carbocycles. The molecule has 0 saturated carbocycles. The smallest absolute Gasteiger partial charge is 0.307 e. The zero-order valence-electron chi connectivity index (χ0n) is 21.1. The summed E-state index contributed by atoms with van der Waals surface area (Å²) in [6, 6.07) is 0. The summed E-state index contributed by atoms with van der Waals surface area (Å²) in [5.41, 5.74) is 0. The number of ether oxygens (including phenoxy) is 1. The lowest BCUT2D eigenvalue weighted by Gasteiger charge is -2.21. The molecular weight excluding hydrogens is 372 g/mol. The van der Waals surface area contributed by atoms with Gasteiger partial charge in [0.1, 0.15) is 0 Å². The van der Waals surface area contributed by atoms with Crippen LogP contribution < -0.4 is 0 Å². The van der Waals surface area contributed by atoms with Gasteiger partial charge in [0.05, 0.1) is 13.0 Å². The fourth-order valence-electron chi connectivity index (χ4n) is 3.87. The van der Waals surface area contributed by atoms with Crippen LogP contribution in [0, 0.1) is 0 Å². The third-order valence-electron chi connectivity index (χ3n) is 5.76. The van der Waals surface area contributed by atoms with Gasteiger partial charge >= 0.3 is 5.97 Å². The molecule has 0 amide bonds. The van der Waals surface area contributed by atoms with E-state index in [1.165, 1.54) is 83.5 Å². The van der Waals surface area contributed by atoms with Crippen LogP contribution in [-0.4, -0.2) is 62.7 Å². The quantitative estimate of drug-likeness (QED) is 0.135. The molecule has 4 heteroatoms. The number of rotatable bonds is 23. The number of esters is 1. The fraction of sp³-hybridized carbons (Fsp3) is 0.962. The average Bonchev–Trinajstić information content (AvgIpc) is 2.72. The van der Waals surface area contributed by atoms with E-state index in [-0.39, 0.29) is 5.97 Å². The van der Waals surface area contributed by atoms with E-state index in [0.29, 0.717) is 13.0 Å². The minimum atomic E-state index is -0.0209. The number of hydrogen-bond donors (Lipinski definition) is 0. The van der Waals surface area contributed by atoms with Crippen LogP contribution in [-0.2, 0) is 9.53 Å². The van der Waals surface area contributed by atoms with Crippen LogP contribution in [0.4, 0.5) is 0 Å². The Kier molecular flexibility index (Phi) is 22.6. The predicted octanol–water partition coefficient (Wildman–Crippen LogP) is 6.67. The molecule has 0 unspecified atom stereocenters. The molecule has 0 heterocycles. The Morgan fingerprint density at radius 1 is 0.600 bits per heavy atom. The highest BCUT2D eigenvalue weighted by Crippen LogP contribution is 2.12. The second-order valence-electron chi connectivity index (χ2n) is 9.21. The highest BCUT2D eigenvalue weighted by atomic mass is 16.5. The molecule has 30 heavy (non-hydrogen) atoms. The normalized spacial score (nSPS) is 11.5. The number of carbonyl (C=O) groups is 1. The minimum absolute atomic E-state index is 0.0209. The third-order valence-corrected chi connectivity index (χ3v) is 5.76. The number of unbranched alkanes of at least 4 members (excludes halogenated alkanes) is 12. The number of carbonyl (C=O) groups excluding carboxylic acids is 1. The van der Waals surface area contributed by atoms with Crippen molar-refractivity contribution in [1.29, 1.82) is 0 Å². The molecule has 0 bridgehead atoms. The number of hydrogen-bond acceptors (Lipinski definition) is 4. The standard InChI is InChI=1S/C26H54N2O2/c1-5-7-8-9-10-11-12-13-14-15-16-19-25-30-26(29)20-24-28(21-6-2)23-18-17-22-27(3)4/h5-25H2,1-4H3. The van der Waals surface area contributed by atoms with Crippen molar-refractivity contribution >= 4 is 5.97 Å². The molecular formula is C26H54N2O2. The Morgan fingerprint density at radius 3 is 1.67 bits per heavy atom. The van der Waals surface area contributed by atoms with Gasteiger partial charge in [-0.25, -0.2) is 0 Å². The van der Waals surface area contributed by atoms with Crippen molar-refractivity contribution in [3.8, 4) is 0 Å². The molecule has 0 radical (unpaired) electrons. The molecule has 0 aromatic rings. The van der Waals surface area contributed by atoms with Crippen LogP contribution in [0.1, 0.15) is 117 Å². The van der Waals surface area contributed by atoms with Crippen molar-refractivity contribution < 1.29 is 9.53 Å². The zero-order chi connectivity index (χ0) is 22.3. The lowest BCUT2D eigenvalue weighted by molar-refractivity contribution is -0.144. The highest BCUT2D eigenvalue weighted by molar-refractivity contribution is 5.69. The van der Waals surface area contributed by atoms with Gasteiger partial charge in [0.15, 0.2) is 0 Å². The maximum Gasteiger partial charge on any atom is 0.307 e. The minimum Gasteiger partial charge on any atom is -0.466 e. The summed E-state index contributed by atoms with van der Waals surface area (Å²) in [5.74, 6) is -0.0209. The van der Waals surface area contributed by atoms with Crippen molar-refractivity contribution in [2.45, 2.75) is 117 Å². The van der Waals surface area contributed by atoms with E-state index in [2.05, 4.69) is 37.7 Å². The second-order valence-corrected chi connectivity index (χ2v) is 9.21. The van der Waals surface area contributed by atoms with Crippen molar-refractivity contribution in [2.24, 2.45) is 0 Å². The molecule has 0 rings (SSSR count). The first kappa shape index (κ1) is 29.4. The topological polar surface area (TPSA) is 32.8 Å². The van der Waals surface area contributed by atoms with Crippen LogP contribution in [0.15, 0.2) is 0 Å². The van der Waals surface area contributed by atoms with Gasteiger partial charge < -0.3 is 14.5 Å². The second kappa shape index (κ2) is 23.1. The van der Waals surface area contributed by atoms with E-state index >= 15 is 0 Å². The maximum atomic E-state index is 12.0. The molecule has 0 aromatic heterocycles. The monoisotopic (exact) mass is 426 g/mol. The largest absolute Gasteiger partial charge is 0.466 e. The molecule has 0 spiro atoms. The summed E-state index contributed by atoms with van der Waals surface area (Å²) in [6.45, 7) is 9.24. The van der Waals surface area contributed by atoms with Gasteiger partial charge in [-0.3, -0.25) is 4.79 Å². The lowest BCUT2D eigenvalue weighted by atomic mass is 10.1. The van der Waals surface area contributed by atoms with Crippen LogP contribution in [0.3, 0.4) is 0 Å². The van der Waals surface area contributed by atoms with Gasteiger partial charge in [-0.2, -0.15) is 0 Å². The van der Waals surface area contributed by atoms with E-state index in [1.807, 2.05) is 0 Å². The summed E-state index contributed by atoms with van der Waals surface area (Å²) >= 11 is 0. The molecule has 180 valence electrons. The van der Waals surface area contributed by atoms with Crippen molar-refractivity contribution in [3.05, 3.63) is 0 Å². The van der Waals surface area contributed by atoms with Crippen molar-refractivity contribution in [1.82, 2.24) is 9.80 Å². The molecule has 0 saturated heterocycles. The maximum absolute atomic E-state index is 12.0. The average molecular weight is 427 g/mol. The fourth-order valence-corrected chi connectivity index (χ4v) is 3.87. The summed E-state index contributed by atoms with van der Waals surface area (Å²) < 4.78 is 5.45. The van der Waals surface area contributed by atoms with E-state index in [0.717, 1.165) is 39.0 Å². The predicted molar refractivity (Wildman–Crippen MR) is 131 cm³/mol. The Balaban J connectivity index is 3.49. The van der Waals surface area contributed by atoms with E-state index < -0.39 is 0 Å². The Hall–Kier alpha value is -0.610. The summed E-state index contributed by atoms with van der Waals surface area (Å²) in [5, 5.41) is 0. The zero-order valence-corrected chi connectivity index (χ0v) is 21.1. The first-order chi connectivity index (χ1) is 14.6. The van der Waals surface area contributed by atoms with E-state index in [1.54, 1.807) is 0 Å². The van der Waals surface area contributed by atoms with Crippen LogP contribution in [0.5, 0.6) is 0 Å². The lowest BCUT2D eigenvalue weighted by Crippen LogP contribution is -2.29. The van der Waals surface area contributed by atoms with E-state index in [9.17, 15) is 4.79 Å². The Morgan fingerprint density at radius 2 is 1.13 bits per heavy atom. The van der Waals surface area contributed by atoms with Gasteiger partial charge in [-0.05, 0) is 59.4 Å². The Bertz CT molecular complexity index is 361. The molecule has 0 fully saturated rings.